The molecule has 1 aromatic rings. The monoisotopic (exact) mass is 286 g/mol. The summed E-state index contributed by atoms with van der Waals surface area (Å²) < 4.78 is 16.5. The van der Waals surface area contributed by atoms with E-state index >= 15 is 0 Å². The summed E-state index contributed by atoms with van der Waals surface area (Å²) in [5.74, 6) is -0.624. The topological polar surface area (TPSA) is 65.0 Å². The van der Waals surface area contributed by atoms with Gasteiger partial charge in [-0.25, -0.2) is 4.79 Å². The summed E-state index contributed by atoms with van der Waals surface area (Å²) in [5.41, 5.74) is -0.197. The molecule has 1 aromatic carbocycles. The van der Waals surface area contributed by atoms with Crippen LogP contribution in [-0.2, 0) is 9.47 Å². The lowest BCUT2D eigenvalue weighted by atomic mass is 10.2. The summed E-state index contributed by atoms with van der Waals surface area (Å²) in [4.78, 5) is 10.8. The highest BCUT2D eigenvalue weighted by Gasteiger charge is 2.33. The van der Waals surface area contributed by atoms with Crippen LogP contribution < -0.4 is 4.74 Å². The lowest BCUT2D eigenvalue weighted by Gasteiger charge is -2.16. The van der Waals surface area contributed by atoms with Crippen LogP contribution in [0.15, 0.2) is 18.2 Å². The van der Waals surface area contributed by atoms with E-state index in [1.165, 1.54) is 18.2 Å². The molecular formula is C13H15ClO5. The van der Waals surface area contributed by atoms with Crippen molar-refractivity contribution in [1.29, 1.82) is 0 Å². The zero-order valence-electron chi connectivity index (χ0n) is 10.7. The van der Waals surface area contributed by atoms with Gasteiger partial charge in [0.05, 0.1) is 22.8 Å². The Kier molecular flexibility index (Phi) is 3.99. The molecule has 0 saturated carbocycles. The maximum atomic E-state index is 10.8. The Morgan fingerprint density at radius 2 is 2.32 bits per heavy atom. The minimum atomic E-state index is -1.03. The van der Waals surface area contributed by atoms with E-state index < -0.39 is 12.3 Å². The number of carboxylic acids is 1. The third-order valence-electron chi connectivity index (χ3n) is 2.62. The van der Waals surface area contributed by atoms with Crippen molar-refractivity contribution in [1.82, 2.24) is 0 Å². The average Bonchev–Trinajstić information content (AvgIpc) is 2.67. The second-order valence-electron chi connectivity index (χ2n) is 4.88. The van der Waals surface area contributed by atoms with Gasteiger partial charge in [0, 0.05) is 0 Å². The quantitative estimate of drug-likeness (QED) is 0.921. The van der Waals surface area contributed by atoms with E-state index in [9.17, 15) is 4.79 Å². The Labute approximate surface area is 116 Å². The van der Waals surface area contributed by atoms with Crippen molar-refractivity contribution >= 4 is 17.6 Å². The molecule has 5 nitrogen and oxygen atoms in total. The molecule has 1 fully saturated rings. The molecule has 0 aliphatic carbocycles. The summed E-state index contributed by atoms with van der Waals surface area (Å²) in [5, 5.41) is 9.07. The van der Waals surface area contributed by atoms with E-state index in [4.69, 9.17) is 30.9 Å². The zero-order valence-corrected chi connectivity index (χ0v) is 11.4. The second kappa shape index (κ2) is 5.36. The van der Waals surface area contributed by atoms with Gasteiger partial charge < -0.3 is 19.3 Å². The number of halogens is 1. The van der Waals surface area contributed by atoms with E-state index in [1.54, 1.807) is 0 Å². The van der Waals surface area contributed by atoms with Gasteiger partial charge in [-0.3, -0.25) is 0 Å². The molecule has 0 bridgehead atoms. The molecule has 1 heterocycles. The predicted octanol–water partition coefficient (Wildman–Crippen LogP) is 2.57. The van der Waals surface area contributed by atoms with E-state index in [0.717, 1.165) is 0 Å². The normalized spacial score (nSPS) is 21.3. The van der Waals surface area contributed by atoms with E-state index in [0.29, 0.717) is 12.4 Å². The van der Waals surface area contributed by atoms with Gasteiger partial charge in [-0.05, 0) is 32.0 Å². The molecule has 1 aliphatic rings. The maximum absolute atomic E-state index is 10.8. The molecular weight excluding hydrogens is 272 g/mol. The number of aromatic carboxylic acids is 1. The minimum Gasteiger partial charge on any atom is -0.487 e. The minimum absolute atomic E-state index is 0.117. The van der Waals surface area contributed by atoms with Gasteiger partial charge in [0.25, 0.3) is 0 Å². The Hall–Kier alpha value is -1.30. The van der Waals surface area contributed by atoms with Crippen LogP contribution in [0.4, 0.5) is 0 Å². The van der Waals surface area contributed by atoms with Crippen LogP contribution in [0.3, 0.4) is 0 Å². The van der Waals surface area contributed by atoms with Crippen LogP contribution >= 0.6 is 11.6 Å². The molecule has 1 aliphatic heterocycles. The number of carbonyl (C=O) groups is 1. The average molecular weight is 287 g/mol. The smallest absolute Gasteiger partial charge is 0.335 e. The van der Waals surface area contributed by atoms with Crippen LogP contribution in [0.1, 0.15) is 24.2 Å². The Balaban J connectivity index is 1.95. The first-order valence-electron chi connectivity index (χ1n) is 5.82. The fraction of sp³-hybridized carbons (Fsp3) is 0.462. The molecule has 1 saturated heterocycles. The highest BCUT2D eigenvalue weighted by atomic mass is 35.5. The molecule has 1 N–H and O–H groups in total. The van der Waals surface area contributed by atoms with Crippen molar-refractivity contribution in [3.8, 4) is 5.75 Å². The van der Waals surface area contributed by atoms with Crippen LogP contribution in [-0.4, -0.2) is 36.2 Å². The number of hydrogen-bond donors (Lipinski definition) is 1. The van der Waals surface area contributed by atoms with E-state index in [-0.39, 0.29) is 22.8 Å². The molecule has 1 atom stereocenters. The summed E-state index contributed by atoms with van der Waals surface area (Å²) in [7, 11) is 0. The first-order valence-corrected chi connectivity index (χ1v) is 6.20. The van der Waals surface area contributed by atoms with Gasteiger partial charge in [-0.1, -0.05) is 11.6 Å². The van der Waals surface area contributed by atoms with Gasteiger partial charge in [0.2, 0.25) is 0 Å². The van der Waals surface area contributed by atoms with Crippen LogP contribution in [0.2, 0.25) is 5.02 Å². The Bertz CT molecular complexity index is 486. The zero-order chi connectivity index (χ0) is 14.0. The molecule has 2 rings (SSSR count). The standard InChI is InChI=1S/C13H15ClO5/c1-13(2)7-18-11(19-13)6-17-10-4-3-8(12(15)16)5-9(10)14/h3-5,11H,6-7H2,1-2H3,(H,15,16). The van der Waals surface area contributed by atoms with Crippen molar-refractivity contribution < 1.29 is 24.1 Å². The number of rotatable bonds is 4. The first-order chi connectivity index (χ1) is 8.87. The second-order valence-corrected chi connectivity index (χ2v) is 5.29. The van der Waals surface area contributed by atoms with Gasteiger partial charge in [-0.2, -0.15) is 0 Å². The van der Waals surface area contributed by atoms with Crippen molar-refractivity contribution in [2.45, 2.75) is 25.7 Å². The van der Waals surface area contributed by atoms with Crippen molar-refractivity contribution in [3.05, 3.63) is 28.8 Å². The van der Waals surface area contributed by atoms with Gasteiger partial charge >= 0.3 is 5.97 Å². The lowest BCUT2D eigenvalue weighted by molar-refractivity contribution is -0.0990. The summed E-state index contributed by atoms with van der Waals surface area (Å²) in [6.07, 6.45) is -0.440. The van der Waals surface area contributed by atoms with Gasteiger partial charge in [0.1, 0.15) is 12.4 Å². The summed E-state index contributed by atoms with van der Waals surface area (Å²) in [6, 6.07) is 4.30. The largest absolute Gasteiger partial charge is 0.487 e. The van der Waals surface area contributed by atoms with Gasteiger partial charge in [0.15, 0.2) is 6.29 Å². The number of carboxylic acid groups (broad SMARTS) is 1. The van der Waals surface area contributed by atoms with E-state index in [1.807, 2.05) is 13.8 Å². The number of benzene rings is 1. The molecule has 0 spiro atoms. The maximum Gasteiger partial charge on any atom is 0.335 e. The highest BCUT2D eigenvalue weighted by Crippen LogP contribution is 2.27. The van der Waals surface area contributed by atoms with Crippen molar-refractivity contribution in [2.75, 3.05) is 13.2 Å². The lowest BCUT2D eigenvalue weighted by Crippen LogP contribution is -2.25. The summed E-state index contributed by atoms with van der Waals surface area (Å²) >= 11 is 5.94. The molecule has 104 valence electrons. The van der Waals surface area contributed by atoms with Crippen LogP contribution in [0.5, 0.6) is 5.75 Å². The third-order valence-corrected chi connectivity index (χ3v) is 2.92. The fourth-order valence-electron chi connectivity index (χ4n) is 1.71. The Morgan fingerprint density at radius 1 is 1.58 bits per heavy atom. The number of ether oxygens (including phenoxy) is 3. The first kappa shape index (κ1) is 14.1. The molecule has 0 aromatic heterocycles. The summed E-state index contributed by atoms with van der Waals surface area (Å²) in [6.45, 7) is 4.57. The number of hydrogen-bond acceptors (Lipinski definition) is 4. The van der Waals surface area contributed by atoms with Crippen LogP contribution in [0, 0.1) is 0 Å². The van der Waals surface area contributed by atoms with Gasteiger partial charge in [-0.15, -0.1) is 0 Å². The molecule has 1 unspecified atom stereocenters. The molecule has 6 heteroatoms. The van der Waals surface area contributed by atoms with Crippen molar-refractivity contribution in [3.63, 3.8) is 0 Å². The predicted molar refractivity (Wildman–Crippen MR) is 68.8 cm³/mol. The van der Waals surface area contributed by atoms with E-state index in [2.05, 4.69) is 0 Å². The molecule has 0 radical (unpaired) electrons. The third kappa shape index (κ3) is 3.59. The molecule has 19 heavy (non-hydrogen) atoms. The van der Waals surface area contributed by atoms with Crippen molar-refractivity contribution in [2.24, 2.45) is 0 Å². The Morgan fingerprint density at radius 3 is 2.84 bits per heavy atom. The highest BCUT2D eigenvalue weighted by molar-refractivity contribution is 6.32. The molecule has 0 amide bonds. The fourth-order valence-corrected chi connectivity index (χ4v) is 1.94. The SMILES string of the molecule is CC1(C)COC(COc2ccc(C(=O)O)cc2Cl)O1. The van der Waals surface area contributed by atoms with Crippen LogP contribution in [0.25, 0.3) is 0 Å².